The van der Waals surface area contributed by atoms with Crippen LogP contribution in [0.15, 0.2) is 24.3 Å². The van der Waals surface area contributed by atoms with E-state index in [1.807, 2.05) is 6.92 Å². The molecule has 1 rings (SSSR count). The molecule has 1 aromatic carbocycles. The number of hydrogen-bond acceptors (Lipinski definition) is 2. The predicted octanol–water partition coefficient (Wildman–Crippen LogP) is 2.20. The Balaban J connectivity index is 2.31. The van der Waals surface area contributed by atoms with Crippen LogP contribution in [-0.4, -0.2) is 18.6 Å². The molecule has 5 heteroatoms. The van der Waals surface area contributed by atoms with Crippen LogP contribution in [0.5, 0.6) is 0 Å². The molecular weight excluding hydrogens is 226 g/mol. The van der Waals surface area contributed by atoms with E-state index >= 15 is 0 Å². The molecule has 4 N–H and O–H groups in total. The first kappa shape index (κ1) is 12.8. The van der Waals surface area contributed by atoms with Gasteiger partial charge in [-0.3, -0.25) is 0 Å². The van der Waals surface area contributed by atoms with Gasteiger partial charge in [-0.25, -0.2) is 4.79 Å². The van der Waals surface area contributed by atoms with Gasteiger partial charge in [0.15, 0.2) is 0 Å². The van der Waals surface area contributed by atoms with Crippen molar-refractivity contribution in [2.45, 2.75) is 19.4 Å². The monoisotopic (exact) mass is 241 g/mol. The van der Waals surface area contributed by atoms with Gasteiger partial charge in [0.2, 0.25) is 0 Å². The Kier molecular flexibility index (Phi) is 5.08. The summed E-state index contributed by atoms with van der Waals surface area (Å²) in [5, 5.41) is 6.05. The van der Waals surface area contributed by atoms with Gasteiger partial charge in [-0.1, -0.05) is 11.6 Å². The van der Waals surface area contributed by atoms with Crippen molar-refractivity contribution in [3.8, 4) is 0 Å². The number of amides is 2. The number of rotatable bonds is 4. The van der Waals surface area contributed by atoms with Crippen LogP contribution in [0.3, 0.4) is 0 Å². The van der Waals surface area contributed by atoms with Crippen LogP contribution < -0.4 is 16.4 Å². The Morgan fingerprint density at radius 2 is 2.06 bits per heavy atom. The van der Waals surface area contributed by atoms with E-state index in [4.69, 9.17) is 17.3 Å². The molecule has 0 aliphatic carbocycles. The lowest BCUT2D eigenvalue weighted by Crippen LogP contribution is -2.32. The highest BCUT2D eigenvalue weighted by atomic mass is 35.5. The van der Waals surface area contributed by atoms with Crippen LogP contribution in [0.4, 0.5) is 10.5 Å². The first-order valence-electron chi connectivity index (χ1n) is 5.14. The number of nitrogens with two attached hydrogens (primary N) is 1. The Morgan fingerprint density at radius 1 is 1.44 bits per heavy atom. The summed E-state index contributed by atoms with van der Waals surface area (Å²) in [5.74, 6) is 0. The number of urea groups is 1. The zero-order valence-corrected chi connectivity index (χ0v) is 9.92. The molecule has 0 bridgehead atoms. The van der Waals surface area contributed by atoms with Crippen molar-refractivity contribution < 1.29 is 4.79 Å². The minimum Gasteiger partial charge on any atom is -0.338 e. The van der Waals surface area contributed by atoms with E-state index in [1.54, 1.807) is 24.3 Å². The summed E-state index contributed by atoms with van der Waals surface area (Å²) < 4.78 is 0. The van der Waals surface area contributed by atoms with Crippen LogP contribution in [0.1, 0.15) is 13.3 Å². The van der Waals surface area contributed by atoms with Crippen molar-refractivity contribution in [3.63, 3.8) is 0 Å². The molecular formula is C11H16ClN3O. The highest BCUT2D eigenvalue weighted by Gasteiger charge is 2.01. The van der Waals surface area contributed by atoms with Gasteiger partial charge in [0, 0.05) is 23.3 Å². The highest BCUT2D eigenvalue weighted by Crippen LogP contribution is 2.12. The maximum Gasteiger partial charge on any atom is 0.319 e. The lowest BCUT2D eigenvalue weighted by Gasteiger charge is -2.08. The topological polar surface area (TPSA) is 67.1 Å². The maximum atomic E-state index is 11.4. The predicted molar refractivity (Wildman–Crippen MR) is 66.7 cm³/mol. The summed E-state index contributed by atoms with van der Waals surface area (Å²) in [6.45, 7) is 2.47. The second-order valence-corrected chi connectivity index (χ2v) is 4.09. The summed E-state index contributed by atoms with van der Waals surface area (Å²) in [6, 6.07) is 6.79. The molecule has 1 atom stereocenters. The SMILES string of the molecule is CC(N)CCNC(=O)Nc1ccc(Cl)cc1. The van der Waals surface area contributed by atoms with Crippen LogP contribution in [0.25, 0.3) is 0 Å². The summed E-state index contributed by atoms with van der Waals surface area (Å²) in [5.41, 5.74) is 6.27. The molecule has 0 aliphatic heterocycles. The standard InChI is InChI=1S/C11H16ClN3O/c1-8(13)6-7-14-11(16)15-10-4-2-9(12)3-5-10/h2-5,8H,6-7,13H2,1H3,(H2,14,15,16). The van der Waals surface area contributed by atoms with Gasteiger partial charge in [-0.05, 0) is 37.6 Å². The third kappa shape index (κ3) is 5.00. The molecule has 0 aliphatic rings. The first-order valence-corrected chi connectivity index (χ1v) is 5.51. The highest BCUT2D eigenvalue weighted by molar-refractivity contribution is 6.30. The average Bonchev–Trinajstić information content (AvgIpc) is 2.21. The minimum absolute atomic E-state index is 0.0934. The van der Waals surface area contributed by atoms with Gasteiger partial charge in [0.05, 0.1) is 0 Å². The van der Waals surface area contributed by atoms with Crippen LogP contribution >= 0.6 is 11.6 Å². The molecule has 0 saturated carbocycles. The third-order valence-electron chi connectivity index (χ3n) is 1.99. The lowest BCUT2D eigenvalue weighted by molar-refractivity contribution is 0.252. The van der Waals surface area contributed by atoms with E-state index in [1.165, 1.54) is 0 Å². The molecule has 1 aromatic rings. The van der Waals surface area contributed by atoms with E-state index < -0.39 is 0 Å². The van der Waals surface area contributed by atoms with E-state index in [0.29, 0.717) is 17.3 Å². The van der Waals surface area contributed by atoms with Gasteiger partial charge >= 0.3 is 6.03 Å². The number of benzene rings is 1. The van der Waals surface area contributed by atoms with Crippen LogP contribution in [-0.2, 0) is 0 Å². The zero-order valence-electron chi connectivity index (χ0n) is 9.16. The Hall–Kier alpha value is -1.26. The molecule has 0 heterocycles. The first-order chi connectivity index (χ1) is 7.58. The Bertz CT molecular complexity index is 338. The molecule has 0 fully saturated rings. The molecule has 0 saturated heterocycles. The number of nitrogens with one attached hydrogen (secondary N) is 2. The van der Waals surface area contributed by atoms with Crippen molar-refractivity contribution in [3.05, 3.63) is 29.3 Å². The fourth-order valence-corrected chi connectivity index (χ4v) is 1.25. The lowest BCUT2D eigenvalue weighted by atomic mass is 10.2. The Labute approximate surface area is 100 Å². The van der Waals surface area contributed by atoms with Crippen molar-refractivity contribution in [1.82, 2.24) is 5.32 Å². The van der Waals surface area contributed by atoms with Crippen molar-refractivity contribution in [1.29, 1.82) is 0 Å². The van der Waals surface area contributed by atoms with Gasteiger partial charge < -0.3 is 16.4 Å². The fraction of sp³-hybridized carbons (Fsp3) is 0.364. The third-order valence-corrected chi connectivity index (χ3v) is 2.24. The van der Waals surface area contributed by atoms with Gasteiger partial charge in [0.1, 0.15) is 0 Å². The second kappa shape index (κ2) is 6.35. The quantitative estimate of drug-likeness (QED) is 0.757. The molecule has 1 unspecified atom stereocenters. The summed E-state index contributed by atoms with van der Waals surface area (Å²) >= 11 is 5.72. The van der Waals surface area contributed by atoms with Crippen molar-refractivity contribution >= 4 is 23.3 Å². The molecule has 0 spiro atoms. The number of carbonyl (C=O) groups excluding carboxylic acids is 1. The number of anilines is 1. The van der Waals surface area contributed by atoms with Crippen LogP contribution in [0, 0.1) is 0 Å². The number of carbonyl (C=O) groups is 1. The molecule has 4 nitrogen and oxygen atoms in total. The van der Waals surface area contributed by atoms with Crippen molar-refractivity contribution in [2.75, 3.05) is 11.9 Å². The average molecular weight is 242 g/mol. The fourth-order valence-electron chi connectivity index (χ4n) is 1.12. The zero-order chi connectivity index (χ0) is 12.0. The molecule has 16 heavy (non-hydrogen) atoms. The summed E-state index contributed by atoms with van der Waals surface area (Å²) in [6.07, 6.45) is 0.758. The molecule has 0 radical (unpaired) electrons. The van der Waals surface area contributed by atoms with E-state index in [-0.39, 0.29) is 12.1 Å². The normalized spacial score (nSPS) is 11.9. The largest absolute Gasteiger partial charge is 0.338 e. The van der Waals surface area contributed by atoms with Gasteiger partial charge in [0.25, 0.3) is 0 Å². The van der Waals surface area contributed by atoms with Gasteiger partial charge in [-0.2, -0.15) is 0 Å². The maximum absolute atomic E-state index is 11.4. The second-order valence-electron chi connectivity index (χ2n) is 3.65. The number of halogens is 1. The van der Waals surface area contributed by atoms with Crippen molar-refractivity contribution in [2.24, 2.45) is 5.73 Å². The van der Waals surface area contributed by atoms with E-state index in [0.717, 1.165) is 6.42 Å². The van der Waals surface area contributed by atoms with E-state index in [9.17, 15) is 4.79 Å². The van der Waals surface area contributed by atoms with Crippen LogP contribution in [0.2, 0.25) is 5.02 Å². The van der Waals surface area contributed by atoms with Gasteiger partial charge in [-0.15, -0.1) is 0 Å². The minimum atomic E-state index is -0.233. The number of hydrogen-bond donors (Lipinski definition) is 3. The molecule has 88 valence electrons. The summed E-state index contributed by atoms with van der Waals surface area (Å²) in [4.78, 5) is 11.4. The molecule has 2 amide bonds. The molecule has 0 aromatic heterocycles. The summed E-state index contributed by atoms with van der Waals surface area (Å²) in [7, 11) is 0. The van der Waals surface area contributed by atoms with E-state index in [2.05, 4.69) is 10.6 Å². The smallest absolute Gasteiger partial charge is 0.319 e. The Morgan fingerprint density at radius 3 is 2.62 bits per heavy atom.